The quantitative estimate of drug-likeness (QED) is 0.362. The van der Waals surface area contributed by atoms with Crippen LogP contribution in [0, 0.1) is 6.42 Å². The van der Waals surface area contributed by atoms with Gasteiger partial charge in [-0.05, 0) is 19.8 Å². The highest BCUT2D eigenvalue weighted by Gasteiger charge is 2.05. The molecule has 3 heteroatoms. The fraction of sp³-hybridized carbons (Fsp3) is 0.733. The molecule has 0 saturated heterocycles. The van der Waals surface area contributed by atoms with E-state index in [4.69, 9.17) is 0 Å². The van der Waals surface area contributed by atoms with Gasteiger partial charge < -0.3 is 9.80 Å². The van der Waals surface area contributed by atoms with E-state index in [2.05, 4.69) is 39.5 Å². The zero-order valence-electron chi connectivity index (χ0n) is 12.6. The molecule has 0 aliphatic heterocycles. The van der Waals surface area contributed by atoms with Crippen molar-refractivity contribution in [3.63, 3.8) is 0 Å². The van der Waals surface area contributed by atoms with Gasteiger partial charge in [-0.2, -0.15) is 0 Å². The molecule has 0 rings (SSSR count). The van der Waals surface area contributed by atoms with Crippen molar-refractivity contribution in [2.45, 2.75) is 39.0 Å². The van der Waals surface area contributed by atoms with Crippen LogP contribution in [0.1, 0.15) is 39.0 Å². The Bertz CT molecular complexity index is 254. The summed E-state index contributed by atoms with van der Waals surface area (Å²) < 4.78 is 1.01. The van der Waals surface area contributed by atoms with E-state index in [-0.39, 0.29) is 5.91 Å². The molecule has 1 amide bonds. The maximum absolute atomic E-state index is 11.2. The molecule has 0 aliphatic rings. The van der Waals surface area contributed by atoms with Crippen molar-refractivity contribution >= 4 is 5.91 Å². The molecule has 0 atom stereocenters. The number of carbonyl (C=O) groups is 1. The average Bonchev–Trinajstić information content (AvgIpc) is 2.24. The van der Waals surface area contributed by atoms with Crippen molar-refractivity contribution in [2.24, 2.45) is 0 Å². The van der Waals surface area contributed by atoms with Crippen LogP contribution in [-0.4, -0.2) is 44.6 Å². The highest BCUT2D eigenvalue weighted by molar-refractivity contribution is 5.91. The van der Waals surface area contributed by atoms with Gasteiger partial charge in [-0.15, -0.1) is 0 Å². The minimum absolute atomic E-state index is 0.0220. The molecule has 0 aliphatic carbocycles. The van der Waals surface area contributed by atoms with E-state index in [9.17, 15) is 4.79 Å². The third-order valence-electron chi connectivity index (χ3n) is 2.69. The molecule has 0 spiro atoms. The van der Waals surface area contributed by atoms with Crippen molar-refractivity contribution in [2.75, 3.05) is 34.2 Å². The second-order valence-electron chi connectivity index (χ2n) is 6.00. The lowest BCUT2D eigenvalue weighted by molar-refractivity contribution is -0.866. The number of nitrogens with one attached hydrogen (secondary N) is 1. The largest absolute Gasteiger partial charge is 0.352 e. The first-order chi connectivity index (χ1) is 8.33. The Labute approximate surface area is 113 Å². The summed E-state index contributed by atoms with van der Waals surface area (Å²) in [5.74, 6) is -0.0220. The molecule has 0 aromatic heterocycles. The number of carbonyl (C=O) groups excluding carboxylic acids is 1. The zero-order valence-corrected chi connectivity index (χ0v) is 12.6. The van der Waals surface area contributed by atoms with E-state index in [0.29, 0.717) is 5.57 Å². The Balaban J connectivity index is 3.22. The zero-order chi connectivity index (χ0) is 14.0. The first-order valence-electron chi connectivity index (χ1n) is 6.89. The molecule has 0 bridgehead atoms. The Morgan fingerprint density at radius 3 is 2.33 bits per heavy atom. The standard InChI is InChI=1S/C15H29N2O/c1-14(2)15(18)16-12-10-8-6-7-9-11-13-17(3,4)5/h11H,1,6-10,12-13H2,2-5H3/p+1. The summed E-state index contributed by atoms with van der Waals surface area (Å²) in [5.41, 5.74) is 0.588. The van der Waals surface area contributed by atoms with Crippen molar-refractivity contribution in [3.05, 3.63) is 18.6 Å². The molecular weight excluding hydrogens is 224 g/mol. The summed E-state index contributed by atoms with van der Waals surface area (Å²) in [6.45, 7) is 7.25. The summed E-state index contributed by atoms with van der Waals surface area (Å²) in [7, 11) is 6.63. The molecule has 0 fully saturated rings. The van der Waals surface area contributed by atoms with Gasteiger partial charge in [-0.1, -0.05) is 25.8 Å². The van der Waals surface area contributed by atoms with Crippen LogP contribution in [0.4, 0.5) is 0 Å². The van der Waals surface area contributed by atoms with E-state index < -0.39 is 0 Å². The molecule has 0 unspecified atom stereocenters. The van der Waals surface area contributed by atoms with Crippen LogP contribution in [0.3, 0.4) is 0 Å². The predicted octanol–water partition coefficient (Wildman–Crippen LogP) is 2.54. The number of nitrogens with zero attached hydrogens (tertiary/aromatic N) is 1. The van der Waals surface area contributed by atoms with Crippen LogP contribution >= 0.6 is 0 Å². The molecule has 0 aromatic carbocycles. The summed E-state index contributed by atoms with van der Waals surface area (Å²) >= 11 is 0. The first kappa shape index (κ1) is 17.2. The topological polar surface area (TPSA) is 29.1 Å². The van der Waals surface area contributed by atoms with E-state index in [1.54, 1.807) is 6.92 Å². The fourth-order valence-corrected chi connectivity index (χ4v) is 1.60. The van der Waals surface area contributed by atoms with Crippen molar-refractivity contribution in [1.29, 1.82) is 0 Å². The van der Waals surface area contributed by atoms with Gasteiger partial charge in [-0.25, -0.2) is 0 Å². The Morgan fingerprint density at radius 1 is 1.17 bits per heavy atom. The smallest absolute Gasteiger partial charge is 0.246 e. The monoisotopic (exact) mass is 254 g/mol. The van der Waals surface area contributed by atoms with Gasteiger partial charge in [0.15, 0.2) is 0 Å². The molecular formula is C15H30N2O+. The average molecular weight is 254 g/mol. The van der Waals surface area contributed by atoms with Crippen molar-refractivity contribution < 1.29 is 9.28 Å². The van der Waals surface area contributed by atoms with Crippen molar-refractivity contribution in [1.82, 2.24) is 5.32 Å². The van der Waals surface area contributed by atoms with Gasteiger partial charge in [0.05, 0.1) is 27.7 Å². The van der Waals surface area contributed by atoms with Crippen LogP contribution in [-0.2, 0) is 4.79 Å². The molecule has 3 nitrogen and oxygen atoms in total. The minimum atomic E-state index is -0.0220. The van der Waals surface area contributed by atoms with Gasteiger partial charge in [0.2, 0.25) is 5.91 Å². The molecule has 0 saturated carbocycles. The van der Waals surface area contributed by atoms with Crippen LogP contribution in [0.5, 0.6) is 0 Å². The highest BCUT2D eigenvalue weighted by atomic mass is 16.1. The predicted molar refractivity (Wildman–Crippen MR) is 78.1 cm³/mol. The van der Waals surface area contributed by atoms with Crippen molar-refractivity contribution in [3.8, 4) is 0 Å². The van der Waals surface area contributed by atoms with E-state index in [1.807, 2.05) is 0 Å². The van der Waals surface area contributed by atoms with Crippen LogP contribution in [0.25, 0.3) is 0 Å². The SMILES string of the molecule is C=C(C)C(=O)NCCCCCC[CH]C[N+](C)(C)C. The van der Waals surface area contributed by atoms with Gasteiger partial charge in [0.1, 0.15) is 0 Å². The van der Waals surface area contributed by atoms with Crippen LogP contribution in [0.2, 0.25) is 0 Å². The number of rotatable bonds is 10. The lowest BCUT2D eigenvalue weighted by Crippen LogP contribution is -2.35. The highest BCUT2D eigenvalue weighted by Crippen LogP contribution is 2.06. The normalized spacial score (nSPS) is 11.3. The third kappa shape index (κ3) is 11.6. The number of amides is 1. The van der Waals surface area contributed by atoms with Crippen LogP contribution < -0.4 is 5.32 Å². The summed E-state index contributed by atoms with van der Waals surface area (Å²) in [5, 5.41) is 2.86. The molecule has 0 heterocycles. The third-order valence-corrected chi connectivity index (χ3v) is 2.69. The fourth-order valence-electron chi connectivity index (χ4n) is 1.60. The lowest BCUT2D eigenvalue weighted by atomic mass is 10.1. The number of hydrogen-bond donors (Lipinski definition) is 1. The Hall–Kier alpha value is -0.830. The molecule has 1 N–H and O–H groups in total. The van der Waals surface area contributed by atoms with E-state index >= 15 is 0 Å². The number of hydrogen-bond acceptors (Lipinski definition) is 1. The summed E-state index contributed by atoms with van der Waals surface area (Å²) in [6, 6.07) is 0. The maximum atomic E-state index is 11.2. The van der Waals surface area contributed by atoms with Gasteiger partial charge in [0.25, 0.3) is 0 Å². The molecule has 18 heavy (non-hydrogen) atoms. The molecule has 0 aromatic rings. The van der Waals surface area contributed by atoms with Gasteiger partial charge in [-0.3, -0.25) is 4.79 Å². The maximum Gasteiger partial charge on any atom is 0.246 e. The Morgan fingerprint density at radius 2 is 1.78 bits per heavy atom. The van der Waals surface area contributed by atoms with Gasteiger partial charge >= 0.3 is 0 Å². The first-order valence-corrected chi connectivity index (χ1v) is 6.89. The lowest BCUT2D eigenvalue weighted by Gasteiger charge is -2.23. The summed E-state index contributed by atoms with van der Waals surface area (Å²) in [4.78, 5) is 11.2. The second-order valence-corrected chi connectivity index (χ2v) is 6.00. The van der Waals surface area contributed by atoms with E-state index in [0.717, 1.165) is 24.0 Å². The second kappa shape index (κ2) is 9.15. The number of unbranched alkanes of at least 4 members (excludes halogenated alkanes) is 5. The van der Waals surface area contributed by atoms with E-state index in [1.165, 1.54) is 25.7 Å². The number of quaternary nitrogens is 1. The molecule has 105 valence electrons. The van der Waals surface area contributed by atoms with Gasteiger partial charge in [0, 0.05) is 18.5 Å². The summed E-state index contributed by atoms with van der Waals surface area (Å²) in [6.07, 6.45) is 8.34. The van der Waals surface area contributed by atoms with Crippen LogP contribution in [0.15, 0.2) is 12.2 Å². The molecule has 1 radical (unpaired) electrons. The Kier molecular flexibility index (Phi) is 8.73. The minimum Gasteiger partial charge on any atom is -0.352 e.